The molecule has 2 nitrogen and oxygen atoms in total. The Morgan fingerprint density at radius 2 is 2.22 bits per heavy atom. The molecule has 3 heteroatoms. The molecule has 0 amide bonds. The van der Waals surface area contributed by atoms with Gasteiger partial charge in [-0.2, -0.15) is 0 Å². The summed E-state index contributed by atoms with van der Waals surface area (Å²) in [6.45, 7) is 12.6. The van der Waals surface area contributed by atoms with E-state index in [1.807, 2.05) is 18.5 Å². The SMILES string of the molecule is C=CC(C)(CNCC(C)C)Cc1cncc(Br)c1. The van der Waals surface area contributed by atoms with Crippen LogP contribution in [0.4, 0.5) is 0 Å². The summed E-state index contributed by atoms with van der Waals surface area (Å²) in [5.74, 6) is 0.673. The summed E-state index contributed by atoms with van der Waals surface area (Å²) in [6.07, 6.45) is 6.73. The highest BCUT2D eigenvalue weighted by molar-refractivity contribution is 9.10. The van der Waals surface area contributed by atoms with E-state index in [2.05, 4.69) is 59.6 Å². The van der Waals surface area contributed by atoms with Crippen LogP contribution in [0.1, 0.15) is 26.3 Å². The number of nitrogens with zero attached hydrogens (tertiary/aromatic N) is 1. The standard InChI is InChI=1S/C15H23BrN2/c1-5-15(4,11-18-8-12(2)3)7-13-6-14(16)10-17-9-13/h5-6,9-10,12,18H,1,7-8,11H2,2-4H3. The van der Waals surface area contributed by atoms with Gasteiger partial charge in [0.25, 0.3) is 0 Å². The van der Waals surface area contributed by atoms with Crippen molar-refractivity contribution in [1.29, 1.82) is 0 Å². The average Bonchev–Trinajstić information content (AvgIpc) is 2.28. The molecule has 0 aliphatic rings. The maximum absolute atomic E-state index is 4.21. The van der Waals surface area contributed by atoms with Gasteiger partial charge in [0.15, 0.2) is 0 Å². The van der Waals surface area contributed by atoms with Crippen LogP contribution in [0.5, 0.6) is 0 Å². The topological polar surface area (TPSA) is 24.9 Å². The van der Waals surface area contributed by atoms with Crippen molar-refractivity contribution in [3.8, 4) is 0 Å². The molecule has 0 aromatic carbocycles. The maximum Gasteiger partial charge on any atom is 0.0410 e. The third kappa shape index (κ3) is 5.32. The van der Waals surface area contributed by atoms with Gasteiger partial charge in [0, 0.05) is 28.8 Å². The van der Waals surface area contributed by atoms with Gasteiger partial charge in [0.05, 0.1) is 0 Å². The highest BCUT2D eigenvalue weighted by Crippen LogP contribution is 2.24. The van der Waals surface area contributed by atoms with Crippen molar-refractivity contribution >= 4 is 15.9 Å². The van der Waals surface area contributed by atoms with E-state index in [-0.39, 0.29) is 5.41 Å². The first-order chi connectivity index (χ1) is 8.45. The van der Waals surface area contributed by atoms with Crippen molar-refractivity contribution in [2.45, 2.75) is 27.2 Å². The van der Waals surface area contributed by atoms with Crippen molar-refractivity contribution in [2.24, 2.45) is 11.3 Å². The number of aromatic nitrogens is 1. The van der Waals surface area contributed by atoms with E-state index in [1.165, 1.54) is 5.56 Å². The van der Waals surface area contributed by atoms with Crippen molar-refractivity contribution < 1.29 is 0 Å². The van der Waals surface area contributed by atoms with Crippen LogP contribution in [0.15, 0.2) is 35.6 Å². The van der Waals surface area contributed by atoms with Crippen LogP contribution in [0.3, 0.4) is 0 Å². The Morgan fingerprint density at radius 3 is 2.78 bits per heavy atom. The first kappa shape index (κ1) is 15.4. The Bertz CT molecular complexity index is 390. The fraction of sp³-hybridized carbons (Fsp3) is 0.533. The van der Waals surface area contributed by atoms with Gasteiger partial charge in [-0.05, 0) is 46.4 Å². The zero-order chi connectivity index (χ0) is 13.6. The van der Waals surface area contributed by atoms with Crippen molar-refractivity contribution in [3.05, 3.63) is 41.2 Å². The second-order valence-corrected chi connectivity index (χ2v) is 6.49. The Kier molecular flexibility index (Phi) is 6.03. The van der Waals surface area contributed by atoms with Crippen LogP contribution in [0.2, 0.25) is 0 Å². The van der Waals surface area contributed by atoms with E-state index in [1.54, 1.807) is 0 Å². The quantitative estimate of drug-likeness (QED) is 0.774. The molecule has 1 aromatic rings. The lowest BCUT2D eigenvalue weighted by Crippen LogP contribution is -2.34. The number of rotatable bonds is 7. The van der Waals surface area contributed by atoms with Gasteiger partial charge in [0.1, 0.15) is 0 Å². The van der Waals surface area contributed by atoms with Crippen molar-refractivity contribution in [2.75, 3.05) is 13.1 Å². The molecule has 1 aromatic heterocycles. The molecule has 0 saturated carbocycles. The van der Waals surface area contributed by atoms with Gasteiger partial charge >= 0.3 is 0 Å². The van der Waals surface area contributed by atoms with Gasteiger partial charge in [-0.25, -0.2) is 0 Å². The average molecular weight is 311 g/mol. The lowest BCUT2D eigenvalue weighted by molar-refractivity contribution is 0.377. The molecule has 0 aliphatic heterocycles. The summed E-state index contributed by atoms with van der Waals surface area (Å²) >= 11 is 3.46. The third-order valence-electron chi connectivity index (χ3n) is 2.94. The van der Waals surface area contributed by atoms with Gasteiger partial charge in [-0.15, -0.1) is 6.58 Å². The van der Waals surface area contributed by atoms with E-state index >= 15 is 0 Å². The van der Waals surface area contributed by atoms with Gasteiger partial charge < -0.3 is 5.32 Å². The molecule has 100 valence electrons. The molecule has 0 aliphatic carbocycles. The largest absolute Gasteiger partial charge is 0.316 e. The maximum atomic E-state index is 4.21. The minimum Gasteiger partial charge on any atom is -0.316 e. The number of hydrogen-bond donors (Lipinski definition) is 1. The van der Waals surface area contributed by atoms with Gasteiger partial charge in [0.2, 0.25) is 0 Å². The molecular formula is C15H23BrN2. The minimum absolute atomic E-state index is 0.0668. The van der Waals surface area contributed by atoms with Crippen LogP contribution in [-0.2, 0) is 6.42 Å². The third-order valence-corrected chi connectivity index (χ3v) is 3.38. The molecule has 0 spiro atoms. The molecule has 1 N–H and O–H groups in total. The zero-order valence-electron chi connectivity index (χ0n) is 11.5. The minimum atomic E-state index is 0.0668. The predicted octanol–water partition coefficient (Wildman–Crippen LogP) is 3.82. The second kappa shape index (κ2) is 7.05. The lowest BCUT2D eigenvalue weighted by Gasteiger charge is -2.27. The van der Waals surface area contributed by atoms with E-state index in [9.17, 15) is 0 Å². The van der Waals surface area contributed by atoms with E-state index in [4.69, 9.17) is 0 Å². The Hall–Kier alpha value is -0.670. The summed E-state index contributed by atoms with van der Waals surface area (Å²) in [5.41, 5.74) is 1.30. The predicted molar refractivity (Wildman–Crippen MR) is 81.7 cm³/mol. The molecule has 1 heterocycles. The summed E-state index contributed by atoms with van der Waals surface area (Å²) in [5, 5.41) is 3.51. The summed E-state index contributed by atoms with van der Waals surface area (Å²) in [7, 11) is 0. The van der Waals surface area contributed by atoms with Crippen molar-refractivity contribution in [1.82, 2.24) is 10.3 Å². The summed E-state index contributed by atoms with van der Waals surface area (Å²) in [6, 6.07) is 2.12. The zero-order valence-corrected chi connectivity index (χ0v) is 13.1. The van der Waals surface area contributed by atoms with Crippen molar-refractivity contribution in [3.63, 3.8) is 0 Å². The highest BCUT2D eigenvalue weighted by atomic mass is 79.9. The number of pyridine rings is 1. The van der Waals surface area contributed by atoms with E-state index in [0.717, 1.165) is 24.0 Å². The number of halogens is 1. The number of nitrogens with one attached hydrogen (secondary N) is 1. The molecule has 18 heavy (non-hydrogen) atoms. The Balaban J connectivity index is 2.61. The summed E-state index contributed by atoms with van der Waals surface area (Å²) in [4.78, 5) is 4.21. The first-order valence-corrected chi connectivity index (χ1v) is 7.18. The molecule has 1 atom stereocenters. The molecule has 1 rings (SSSR count). The highest BCUT2D eigenvalue weighted by Gasteiger charge is 2.20. The van der Waals surface area contributed by atoms with Crippen LogP contribution in [0.25, 0.3) is 0 Å². The monoisotopic (exact) mass is 310 g/mol. The normalized spacial score (nSPS) is 14.5. The van der Waals surface area contributed by atoms with Gasteiger partial charge in [-0.1, -0.05) is 26.8 Å². The summed E-state index contributed by atoms with van der Waals surface area (Å²) < 4.78 is 1.03. The fourth-order valence-corrected chi connectivity index (χ4v) is 2.28. The first-order valence-electron chi connectivity index (χ1n) is 6.39. The molecular weight excluding hydrogens is 288 g/mol. The van der Waals surface area contributed by atoms with Crippen LogP contribution in [0, 0.1) is 11.3 Å². The number of hydrogen-bond acceptors (Lipinski definition) is 2. The smallest absolute Gasteiger partial charge is 0.0410 e. The van der Waals surface area contributed by atoms with Crippen LogP contribution >= 0.6 is 15.9 Å². The molecule has 1 unspecified atom stereocenters. The van der Waals surface area contributed by atoms with Gasteiger partial charge in [-0.3, -0.25) is 4.98 Å². The van der Waals surface area contributed by atoms with E-state index in [0.29, 0.717) is 5.92 Å². The fourth-order valence-electron chi connectivity index (χ4n) is 1.87. The Morgan fingerprint density at radius 1 is 1.50 bits per heavy atom. The van der Waals surface area contributed by atoms with Crippen LogP contribution < -0.4 is 5.32 Å². The molecule has 0 fully saturated rings. The molecule has 0 bridgehead atoms. The van der Waals surface area contributed by atoms with E-state index < -0.39 is 0 Å². The molecule has 0 radical (unpaired) electrons. The second-order valence-electron chi connectivity index (χ2n) is 5.57. The lowest BCUT2D eigenvalue weighted by atomic mass is 9.84. The van der Waals surface area contributed by atoms with Crippen LogP contribution in [-0.4, -0.2) is 18.1 Å². The molecule has 0 saturated heterocycles. The Labute approximate surface area is 119 Å².